The molecular formula is C17H20FN3O2. The molecule has 2 aromatic rings. The molecule has 0 spiro atoms. The highest BCUT2D eigenvalue weighted by atomic mass is 19.1. The predicted molar refractivity (Wildman–Crippen MR) is 83.8 cm³/mol. The Morgan fingerprint density at radius 2 is 2.26 bits per heavy atom. The SMILES string of the molecule is Cc1cnn(-c2ccc([C@H](C)N[C@H]3C[C@@H](C)OC3=O)cc2F)c1. The molecule has 3 atom stereocenters. The van der Waals surface area contributed by atoms with E-state index in [0.717, 1.165) is 11.1 Å². The van der Waals surface area contributed by atoms with Crippen LogP contribution in [0.25, 0.3) is 5.69 Å². The first-order chi connectivity index (χ1) is 10.9. The van der Waals surface area contributed by atoms with Crippen LogP contribution < -0.4 is 5.32 Å². The van der Waals surface area contributed by atoms with Crippen molar-refractivity contribution < 1.29 is 13.9 Å². The number of aryl methyl sites for hydroxylation is 1. The molecule has 0 unspecified atom stereocenters. The summed E-state index contributed by atoms with van der Waals surface area (Å²) in [5, 5.41) is 7.32. The van der Waals surface area contributed by atoms with Crippen molar-refractivity contribution in [3.63, 3.8) is 0 Å². The van der Waals surface area contributed by atoms with E-state index < -0.39 is 0 Å². The van der Waals surface area contributed by atoms with Crippen LogP contribution in [0.2, 0.25) is 0 Å². The van der Waals surface area contributed by atoms with Crippen LogP contribution in [-0.2, 0) is 9.53 Å². The number of carbonyl (C=O) groups excluding carboxylic acids is 1. The van der Waals surface area contributed by atoms with Gasteiger partial charge in [0.2, 0.25) is 0 Å². The largest absolute Gasteiger partial charge is 0.461 e. The van der Waals surface area contributed by atoms with Crippen molar-refractivity contribution in [2.45, 2.75) is 45.4 Å². The van der Waals surface area contributed by atoms with E-state index in [2.05, 4.69) is 10.4 Å². The number of ether oxygens (including phenoxy) is 1. The zero-order chi connectivity index (χ0) is 16.6. The smallest absolute Gasteiger partial charge is 0.323 e. The van der Waals surface area contributed by atoms with E-state index >= 15 is 0 Å². The van der Waals surface area contributed by atoms with Crippen LogP contribution in [0.5, 0.6) is 0 Å². The average molecular weight is 317 g/mol. The molecule has 0 bridgehead atoms. The van der Waals surface area contributed by atoms with Crippen LogP contribution in [0.4, 0.5) is 4.39 Å². The van der Waals surface area contributed by atoms with Crippen molar-refractivity contribution in [3.8, 4) is 5.69 Å². The van der Waals surface area contributed by atoms with Gasteiger partial charge in [-0.05, 0) is 44.0 Å². The zero-order valence-electron chi connectivity index (χ0n) is 13.4. The Labute approximate surface area is 134 Å². The van der Waals surface area contributed by atoms with Gasteiger partial charge in [-0.15, -0.1) is 0 Å². The molecule has 3 rings (SSSR count). The number of rotatable bonds is 4. The van der Waals surface area contributed by atoms with E-state index in [-0.39, 0.29) is 30.0 Å². The summed E-state index contributed by atoms with van der Waals surface area (Å²) in [6.45, 7) is 5.68. The number of aromatic nitrogens is 2. The zero-order valence-corrected chi connectivity index (χ0v) is 13.4. The molecule has 0 radical (unpaired) electrons. The van der Waals surface area contributed by atoms with Gasteiger partial charge in [0, 0.05) is 18.7 Å². The molecule has 2 heterocycles. The van der Waals surface area contributed by atoms with Gasteiger partial charge in [-0.1, -0.05) is 6.07 Å². The molecule has 1 saturated heterocycles. The average Bonchev–Trinajstić information content (AvgIpc) is 3.04. The van der Waals surface area contributed by atoms with Crippen molar-refractivity contribution in [3.05, 3.63) is 47.5 Å². The summed E-state index contributed by atoms with van der Waals surface area (Å²) in [5.41, 5.74) is 2.16. The molecule has 1 aromatic heterocycles. The molecule has 1 aromatic carbocycles. The van der Waals surface area contributed by atoms with E-state index in [0.29, 0.717) is 12.1 Å². The normalized spacial score (nSPS) is 22.2. The Morgan fingerprint density at radius 1 is 1.48 bits per heavy atom. The lowest BCUT2D eigenvalue weighted by Crippen LogP contribution is -2.35. The van der Waals surface area contributed by atoms with Gasteiger partial charge in [-0.3, -0.25) is 10.1 Å². The van der Waals surface area contributed by atoms with Crippen LogP contribution in [0.15, 0.2) is 30.6 Å². The molecule has 0 saturated carbocycles. The standard InChI is InChI=1S/C17H20FN3O2/c1-10-8-19-21(9-10)16-5-4-13(7-14(16)18)12(3)20-15-6-11(2)23-17(15)22/h4-5,7-9,11-12,15,20H,6H2,1-3H3/t11-,12+,15+/m1/s1. The number of esters is 1. The van der Waals surface area contributed by atoms with E-state index in [1.54, 1.807) is 18.5 Å². The van der Waals surface area contributed by atoms with Crippen molar-refractivity contribution in [1.29, 1.82) is 0 Å². The molecule has 122 valence electrons. The highest BCUT2D eigenvalue weighted by Crippen LogP contribution is 2.22. The fraction of sp³-hybridized carbons (Fsp3) is 0.412. The van der Waals surface area contributed by atoms with Crippen molar-refractivity contribution >= 4 is 5.97 Å². The summed E-state index contributed by atoms with van der Waals surface area (Å²) >= 11 is 0. The Bertz CT molecular complexity index is 728. The Kier molecular flexibility index (Phi) is 4.17. The van der Waals surface area contributed by atoms with Crippen LogP contribution >= 0.6 is 0 Å². The topological polar surface area (TPSA) is 56.1 Å². The lowest BCUT2D eigenvalue weighted by molar-refractivity contribution is -0.142. The predicted octanol–water partition coefficient (Wildman–Crippen LogP) is 2.67. The summed E-state index contributed by atoms with van der Waals surface area (Å²) in [6.07, 6.45) is 4.02. The van der Waals surface area contributed by atoms with Crippen LogP contribution in [-0.4, -0.2) is 27.9 Å². The molecule has 1 N–H and O–H groups in total. The first-order valence-corrected chi connectivity index (χ1v) is 7.71. The van der Waals surface area contributed by atoms with Crippen molar-refractivity contribution in [1.82, 2.24) is 15.1 Å². The maximum Gasteiger partial charge on any atom is 0.323 e. The lowest BCUT2D eigenvalue weighted by atomic mass is 10.1. The van der Waals surface area contributed by atoms with Crippen LogP contribution in [0.1, 0.15) is 37.4 Å². The summed E-state index contributed by atoms with van der Waals surface area (Å²) in [5.74, 6) is -0.588. The monoisotopic (exact) mass is 317 g/mol. The summed E-state index contributed by atoms with van der Waals surface area (Å²) in [6, 6.07) is 4.53. The van der Waals surface area contributed by atoms with Crippen LogP contribution in [0.3, 0.4) is 0 Å². The third-order valence-corrected chi connectivity index (χ3v) is 4.05. The molecule has 1 aliphatic heterocycles. The Hall–Kier alpha value is -2.21. The second-order valence-corrected chi connectivity index (χ2v) is 6.10. The first-order valence-electron chi connectivity index (χ1n) is 7.71. The first kappa shape index (κ1) is 15.7. The number of nitrogens with zero attached hydrogens (tertiary/aromatic N) is 2. The molecule has 1 aliphatic rings. The Balaban J connectivity index is 1.76. The van der Waals surface area contributed by atoms with E-state index in [1.807, 2.05) is 26.8 Å². The quantitative estimate of drug-likeness (QED) is 0.881. The maximum atomic E-state index is 14.4. The number of nitrogens with one attached hydrogen (secondary N) is 1. The van der Waals surface area contributed by atoms with Crippen LogP contribution in [0, 0.1) is 12.7 Å². The summed E-state index contributed by atoms with van der Waals surface area (Å²) in [7, 11) is 0. The van der Waals surface area contributed by atoms with Crippen molar-refractivity contribution in [2.75, 3.05) is 0 Å². The van der Waals surface area contributed by atoms with Gasteiger partial charge in [0.15, 0.2) is 0 Å². The van der Waals surface area contributed by atoms with Gasteiger partial charge in [-0.2, -0.15) is 5.10 Å². The van der Waals surface area contributed by atoms with Gasteiger partial charge in [-0.25, -0.2) is 9.07 Å². The molecule has 5 nitrogen and oxygen atoms in total. The number of halogens is 1. The number of hydrogen-bond acceptors (Lipinski definition) is 4. The van der Waals surface area contributed by atoms with E-state index in [9.17, 15) is 9.18 Å². The van der Waals surface area contributed by atoms with Gasteiger partial charge in [0.25, 0.3) is 0 Å². The van der Waals surface area contributed by atoms with Gasteiger partial charge >= 0.3 is 5.97 Å². The van der Waals surface area contributed by atoms with Crippen molar-refractivity contribution in [2.24, 2.45) is 0 Å². The minimum atomic E-state index is -0.346. The van der Waals surface area contributed by atoms with E-state index in [1.165, 1.54) is 10.7 Å². The molecular weight excluding hydrogens is 297 g/mol. The third-order valence-electron chi connectivity index (χ3n) is 4.05. The second-order valence-electron chi connectivity index (χ2n) is 6.10. The number of carbonyl (C=O) groups is 1. The minimum Gasteiger partial charge on any atom is -0.461 e. The molecule has 1 fully saturated rings. The maximum absolute atomic E-state index is 14.4. The Morgan fingerprint density at radius 3 is 2.83 bits per heavy atom. The summed E-state index contributed by atoms with van der Waals surface area (Å²) in [4.78, 5) is 11.7. The highest BCUT2D eigenvalue weighted by Gasteiger charge is 2.32. The fourth-order valence-electron chi connectivity index (χ4n) is 2.81. The molecule has 6 heteroatoms. The minimum absolute atomic E-state index is 0.0747. The number of hydrogen-bond donors (Lipinski definition) is 1. The van der Waals surface area contributed by atoms with Gasteiger partial charge in [0.05, 0.1) is 6.20 Å². The molecule has 23 heavy (non-hydrogen) atoms. The number of cyclic esters (lactones) is 1. The van der Waals surface area contributed by atoms with Gasteiger partial charge in [0.1, 0.15) is 23.7 Å². The van der Waals surface area contributed by atoms with E-state index in [4.69, 9.17) is 4.74 Å². The third kappa shape index (κ3) is 3.27. The highest BCUT2D eigenvalue weighted by molar-refractivity contribution is 5.78. The molecule has 0 aliphatic carbocycles. The lowest BCUT2D eigenvalue weighted by Gasteiger charge is -2.18. The summed E-state index contributed by atoms with van der Waals surface area (Å²) < 4.78 is 21.0. The second kappa shape index (κ2) is 6.12. The van der Waals surface area contributed by atoms with Gasteiger partial charge < -0.3 is 4.74 Å². The molecule has 0 amide bonds. The fourth-order valence-corrected chi connectivity index (χ4v) is 2.81. The number of benzene rings is 1.